The average Bonchev–Trinajstić information content (AvgIpc) is 2.76. The molecule has 8 heteroatoms. The molecule has 0 saturated carbocycles. The lowest BCUT2D eigenvalue weighted by Gasteiger charge is -2.06. The van der Waals surface area contributed by atoms with E-state index in [4.69, 9.17) is 5.73 Å². The van der Waals surface area contributed by atoms with Gasteiger partial charge in [0.15, 0.2) is 0 Å². The van der Waals surface area contributed by atoms with E-state index >= 15 is 0 Å². The Morgan fingerprint density at radius 2 is 2.24 bits per heavy atom. The number of aromatic nitrogens is 2. The van der Waals surface area contributed by atoms with Crippen LogP contribution in [0.15, 0.2) is 24.4 Å². The number of hydrogen-bond acceptors (Lipinski definition) is 5. The molecule has 0 radical (unpaired) electrons. The minimum Gasteiger partial charge on any atom is -0.384 e. The number of benzene rings is 1. The van der Waals surface area contributed by atoms with Gasteiger partial charge >= 0.3 is 0 Å². The van der Waals surface area contributed by atoms with Gasteiger partial charge in [0, 0.05) is 36.3 Å². The zero-order chi connectivity index (χ0) is 15.6. The third-order valence-electron chi connectivity index (χ3n) is 3.17. The van der Waals surface area contributed by atoms with Crippen LogP contribution in [0.25, 0.3) is 0 Å². The van der Waals surface area contributed by atoms with Crippen molar-refractivity contribution in [3.8, 4) is 0 Å². The van der Waals surface area contributed by atoms with E-state index in [-0.39, 0.29) is 17.8 Å². The summed E-state index contributed by atoms with van der Waals surface area (Å²) in [7, 11) is 1.70. The van der Waals surface area contributed by atoms with Crippen LogP contribution in [-0.4, -0.2) is 20.6 Å². The number of nitrogens with zero attached hydrogens (tertiary/aromatic N) is 3. The number of carbonyl (C=O) groups is 1. The molecule has 8 nitrogen and oxygen atoms in total. The zero-order valence-electron chi connectivity index (χ0n) is 11.7. The summed E-state index contributed by atoms with van der Waals surface area (Å²) in [6.45, 7) is 1.83. The van der Waals surface area contributed by atoms with Crippen LogP contribution in [-0.2, 0) is 13.6 Å². The second kappa shape index (κ2) is 5.61. The van der Waals surface area contributed by atoms with E-state index < -0.39 is 10.8 Å². The summed E-state index contributed by atoms with van der Waals surface area (Å²) >= 11 is 0. The van der Waals surface area contributed by atoms with Crippen molar-refractivity contribution in [3.05, 3.63) is 51.2 Å². The Labute approximate surface area is 120 Å². The Morgan fingerprint density at radius 3 is 2.81 bits per heavy atom. The lowest BCUT2D eigenvalue weighted by atomic mass is 10.1. The molecule has 0 atom stereocenters. The highest BCUT2D eigenvalue weighted by Gasteiger charge is 2.15. The minimum absolute atomic E-state index is 0.0801. The second-order valence-electron chi connectivity index (χ2n) is 4.62. The quantitative estimate of drug-likeness (QED) is 0.647. The maximum absolute atomic E-state index is 12.0. The SMILES string of the molecule is Cc1ccc(C(=O)NCc2cnn(C)c2N)cc1[N+](=O)[O-]. The standard InChI is InChI=1S/C13H15N5O3/c1-8-3-4-9(5-11(8)18(20)21)13(19)15-6-10-7-16-17(2)12(10)14/h3-5,7H,6,14H2,1-2H3,(H,15,19). The van der Waals surface area contributed by atoms with E-state index in [1.165, 1.54) is 10.7 Å². The predicted molar refractivity (Wildman–Crippen MR) is 76.6 cm³/mol. The van der Waals surface area contributed by atoms with Crippen LogP contribution < -0.4 is 11.1 Å². The number of amides is 1. The highest BCUT2D eigenvalue weighted by Crippen LogP contribution is 2.19. The monoisotopic (exact) mass is 289 g/mol. The zero-order valence-corrected chi connectivity index (χ0v) is 11.7. The van der Waals surface area contributed by atoms with Crippen molar-refractivity contribution in [3.63, 3.8) is 0 Å². The van der Waals surface area contributed by atoms with Gasteiger partial charge in [-0.15, -0.1) is 0 Å². The predicted octanol–water partition coefficient (Wildman–Crippen LogP) is 1.15. The van der Waals surface area contributed by atoms with E-state index in [9.17, 15) is 14.9 Å². The van der Waals surface area contributed by atoms with Crippen LogP contribution in [0.3, 0.4) is 0 Å². The van der Waals surface area contributed by atoms with Crippen LogP contribution >= 0.6 is 0 Å². The summed E-state index contributed by atoms with van der Waals surface area (Å²) in [5.41, 5.74) is 7.12. The molecule has 0 aliphatic carbocycles. The number of nitro benzene ring substituents is 1. The first-order chi connectivity index (χ1) is 9.90. The molecule has 1 heterocycles. The Kier molecular flexibility index (Phi) is 3.88. The van der Waals surface area contributed by atoms with Gasteiger partial charge in [0.2, 0.25) is 0 Å². The van der Waals surface area contributed by atoms with Crippen molar-refractivity contribution < 1.29 is 9.72 Å². The third-order valence-corrected chi connectivity index (χ3v) is 3.17. The molecule has 1 aromatic heterocycles. The summed E-state index contributed by atoms with van der Waals surface area (Å²) in [5, 5.41) is 17.5. The summed E-state index contributed by atoms with van der Waals surface area (Å²) in [4.78, 5) is 22.4. The molecule has 0 aliphatic heterocycles. The van der Waals surface area contributed by atoms with Crippen molar-refractivity contribution in [2.75, 3.05) is 5.73 Å². The maximum atomic E-state index is 12.0. The number of nitro groups is 1. The molecule has 0 spiro atoms. The van der Waals surface area contributed by atoms with Crippen molar-refractivity contribution in [2.24, 2.45) is 7.05 Å². The van der Waals surface area contributed by atoms with Gasteiger partial charge in [-0.25, -0.2) is 0 Å². The molecule has 110 valence electrons. The van der Waals surface area contributed by atoms with Gasteiger partial charge in [0.25, 0.3) is 11.6 Å². The highest BCUT2D eigenvalue weighted by atomic mass is 16.6. The molecule has 0 aliphatic rings. The molecule has 3 N–H and O–H groups in total. The van der Waals surface area contributed by atoms with Crippen LogP contribution in [0.5, 0.6) is 0 Å². The van der Waals surface area contributed by atoms with Gasteiger partial charge in [-0.1, -0.05) is 6.07 Å². The number of anilines is 1. The van der Waals surface area contributed by atoms with Gasteiger partial charge in [0.1, 0.15) is 5.82 Å². The molecule has 0 bridgehead atoms. The van der Waals surface area contributed by atoms with Gasteiger partial charge in [0.05, 0.1) is 11.1 Å². The molecular formula is C13H15N5O3. The topological polar surface area (TPSA) is 116 Å². The second-order valence-corrected chi connectivity index (χ2v) is 4.62. The normalized spacial score (nSPS) is 10.4. The molecule has 1 aromatic carbocycles. The number of nitrogens with one attached hydrogen (secondary N) is 1. The van der Waals surface area contributed by atoms with E-state index in [0.29, 0.717) is 16.9 Å². The van der Waals surface area contributed by atoms with Crippen molar-refractivity contribution in [2.45, 2.75) is 13.5 Å². The van der Waals surface area contributed by atoms with E-state index in [1.54, 1.807) is 32.3 Å². The fourth-order valence-corrected chi connectivity index (χ4v) is 1.85. The molecule has 0 unspecified atom stereocenters. The number of carbonyl (C=O) groups excluding carboxylic acids is 1. The smallest absolute Gasteiger partial charge is 0.273 e. The number of nitrogens with two attached hydrogens (primary N) is 1. The molecular weight excluding hydrogens is 274 g/mol. The lowest BCUT2D eigenvalue weighted by molar-refractivity contribution is -0.385. The maximum Gasteiger partial charge on any atom is 0.273 e. The molecule has 0 fully saturated rings. The van der Waals surface area contributed by atoms with Crippen LogP contribution in [0, 0.1) is 17.0 Å². The summed E-state index contributed by atoms with van der Waals surface area (Å²) in [5.74, 6) is 0.0616. The fourth-order valence-electron chi connectivity index (χ4n) is 1.85. The molecule has 1 amide bonds. The highest BCUT2D eigenvalue weighted by molar-refractivity contribution is 5.95. The first kappa shape index (κ1) is 14.5. The Balaban J connectivity index is 2.12. The van der Waals surface area contributed by atoms with Gasteiger partial charge in [-0.05, 0) is 13.0 Å². The lowest BCUT2D eigenvalue weighted by Crippen LogP contribution is -2.23. The molecule has 2 aromatic rings. The first-order valence-electron chi connectivity index (χ1n) is 6.19. The Morgan fingerprint density at radius 1 is 1.52 bits per heavy atom. The van der Waals surface area contributed by atoms with Gasteiger partial charge in [-0.2, -0.15) is 5.10 Å². The molecule has 2 rings (SSSR count). The van der Waals surface area contributed by atoms with Gasteiger partial charge in [-0.3, -0.25) is 19.6 Å². The number of rotatable bonds is 4. The van der Waals surface area contributed by atoms with Gasteiger partial charge < -0.3 is 11.1 Å². The van der Waals surface area contributed by atoms with E-state index in [2.05, 4.69) is 10.4 Å². The largest absolute Gasteiger partial charge is 0.384 e. The number of nitrogen functional groups attached to an aromatic ring is 1. The van der Waals surface area contributed by atoms with Crippen molar-refractivity contribution >= 4 is 17.4 Å². The minimum atomic E-state index is -0.509. The van der Waals surface area contributed by atoms with Crippen LogP contribution in [0.2, 0.25) is 0 Å². The Hall–Kier alpha value is -2.90. The van der Waals surface area contributed by atoms with Crippen molar-refractivity contribution in [1.82, 2.24) is 15.1 Å². The first-order valence-corrected chi connectivity index (χ1v) is 6.19. The molecule has 0 saturated heterocycles. The Bertz CT molecular complexity index is 708. The summed E-state index contributed by atoms with van der Waals surface area (Å²) in [6.07, 6.45) is 1.56. The fraction of sp³-hybridized carbons (Fsp3) is 0.231. The van der Waals surface area contributed by atoms with Crippen molar-refractivity contribution in [1.29, 1.82) is 0 Å². The van der Waals surface area contributed by atoms with Crippen LogP contribution in [0.4, 0.5) is 11.5 Å². The van der Waals surface area contributed by atoms with E-state index in [0.717, 1.165) is 0 Å². The number of hydrogen-bond donors (Lipinski definition) is 2. The van der Waals surface area contributed by atoms with E-state index in [1.807, 2.05) is 0 Å². The molecule has 21 heavy (non-hydrogen) atoms. The summed E-state index contributed by atoms with van der Waals surface area (Å²) in [6, 6.07) is 4.35. The summed E-state index contributed by atoms with van der Waals surface area (Å²) < 4.78 is 1.50. The number of aryl methyl sites for hydroxylation is 2. The van der Waals surface area contributed by atoms with Crippen LogP contribution in [0.1, 0.15) is 21.5 Å². The average molecular weight is 289 g/mol. The third kappa shape index (κ3) is 2.99.